The summed E-state index contributed by atoms with van der Waals surface area (Å²) in [6.07, 6.45) is 3.07. The first-order valence-corrected chi connectivity index (χ1v) is 9.75. The molecule has 2 aromatic rings. The summed E-state index contributed by atoms with van der Waals surface area (Å²) >= 11 is 1.72. The van der Waals surface area contributed by atoms with Crippen LogP contribution in [0.25, 0.3) is 0 Å². The zero-order valence-electron chi connectivity index (χ0n) is 14.2. The van der Waals surface area contributed by atoms with E-state index in [1.165, 1.54) is 4.88 Å². The molecule has 0 amide bonds. The van der Waals surface area contributed by atoms with Gasteiger partial charge in [-0.15, -0.1) is 11.3 Å². The minimum atomic E-state index is 0.156. The molecule has 1 aliphatic heterocycles. The van der Waals surface area contributed by atoms with Crippen LogP contribution in [0.1, 0.15) is 33.3 Å². The van der Waals surface area contributed by atoms with Crippen LogP contribution in [0.3, 0.4) is 0 Å². The highest BCUT2D eigenvalue weighted by atomic mass is 32.1. The molecule has 2 aliphatic rings. The van der Waals surface area contributed by atoms with Crippen LogP contribution in [0.5, 0.6) is 0 Å². The molecule has 1 atom stereocenters. The molecule has 0 saturated carbocycles. The number of Topliss-reactive ketones (excluding diaryl/α,β-unsaturated/α-hetero) is 1. The van der Waals surface area contributed by atoms with E-state index in [0.29, 0.717) is 17.9 Å². The molecule has 7 heteroatoms. The number of morpholine rings is 1. The van der Waals surface area contributed by atoms with E-state index in [9.17, 15) is 4.79 Å². The quantitative estimate of drug-likeness (QED) is 0.826. The van der Waals surface area contributed by atoms with Gasteiger partial charge in [0.05, 0.1) is 37.6 Å². The van der Waals surface area contributed by atoms with E-state index in [1.54, 1.807) is 22.4 Å². The summed E-state index contributed by atoms with van der Waals surface area (Å²) in [6.45, 7) is 5.66. The molecular weight excluding hydrogens is 336 g/mol. The number of quaternary nitrogens is 1. The molecule has 0 radical (unpaired) electrons. The molecule has 0 spiro atoms. The summed E-state index contributed by atoms with van der Waals surface area (Å²) in [4.78, 5) is 24.2. The van der Waals surface area contributed by atoms with Gasteiger partial charge in [-0.3, -0.25) is 4.79 Å². The third-order valence-corrected chi connectivity index (χ3v) is 5.98. The molecule has 2 aromatic heterocycles. The fourth-order valence-electron chi connectivity index (χ4n) is 3.52. The highest BCUT2D eigenvalue weighted by molar-refractivity contribution is 7.10. The van der Waals surface area contributed by atoms with Crippen LogP contribution in [0.2, 0.25) is 0 Å². The van der Waals surface area contributed by atoms with Crippen molar-refractivity contribution in [3.05, 3.63) is 39.8 Å². The van der Waals surface area contributed by atoms with Crippen molar-refractivity contribution >= 4 is 23.1 Å². The monoisotopic (exact) mass is 359 g/mol. The van der Waals surface area contributed by atoms with Crippen LogP contribution in [-0.4, -0.2) is 55.1 Å². The average molecular weight is 359 g/mol. The van der Waals surface area contributed by atoms with Crippen LogP contribution in [-0.2, 0) is 11.2 Å². The van der Waals surface area contributed by atoms with Crippen molar-refractivity contribution in [2.24, 2.45) is 0 Å². The number of carbonyl (C=O) groups is 1. The molecule has 2 N–H and O–H groups in total. The number of hydrogen-bond donors (Lipinski definition) is 2. The number of hydrogen-bond acceptors (Lipinski definition) is 6. The number of thiophene rings is 1. The maximum Gasteiger partial charge on any atom is 0.223 e. The number of ketones is 1. The topological polar surface area (TPSA) is 68.5 Å². The van der Waals surface area contributed by atoms with E-state index in [-0.39, 0.29) is 11.7 Å². The molecule has 1 fully saturated rings. The second-order valence-corrected chi connectivity index (χ2v) is 7.62. The Morgan fingerprint density at radius 1 is 1.32 bits per heavy atom. The zero-order chi connectivity index (χ0) is 17.1. The first-order chi connectivity index (χ1) is 12.3. The summed E-state index contributed by atoms with van der Waals surface area (Å²) in [7, 11) is 0. The van der Waals surface area contributed by atoms with Crippen molar-refractivity contribution in [2.75, 3.05) is 44.7 Å². The summed E-state index contributed by atoms with van der Waals surface area (Å²) in [5, 5.41) is 5.38. The molecular formula is C18H23N4O2S+. The second-order valence-electron chi connectivity index (χ2n) is 6.64. The number of rotatable bonds is 5. The van der Waals surface area contributed by atoms with Gasteiger partial charge in [0.2, 0.25) is 5.95 Å². The Bertz CT molecular complexity index is 729. The predicted molar refractivity (Wildman–Crippen MR) is 96.6 cm³/mol. The number of nitrogens with one attached hydrogen (secondary N) is 2. The number of anilines is 1. The van der Waals surface area contributed by atoms with Gasteiger partial charge in [0.1, 0.15) is 13.1 Å². The molecule has 0 aromatic carbocycles. The Morgan fingerprint density at radius 2 is 2.20 bits per heavy atom. The van der Waals surface area contributed by atoms with Crippen LogP contribution in [0, 0.1) is 0 Å². The van der Waals surface area contributed by atoms with Crippen LogP contribution < -0.4 is 10.2 Å². The Labute approximate surface area is 151 Å². The molecule has 1 unspecified atom stereocenters. The Morgan fingerprint density at radius 3 is 3.00 bits per heavy atom. The van der Waals surface area contributed by atoms with E-state index >= 15 is 0 Å². The number of nitrogens with zero attached hydrogens (tertiary/aromatic N) is 2. The molecule has 1 aliphatic carbocycles. The van der Waals surface area contributed by atoms with E-state index in [2.05, 4.69) is 26.7 Å². The maximum atomic E-state index is 12.4. The Balaban J connectivity index is 1.40. The number of ether oxygens (including phenoxy) is 1. The highest BCUT2D eigenvalue weighted by Crippen LogP contribution is 2.34. The van der Waals surface area contributed by atoms with Gasteiger partial charge in [-0.1, -0.05) is 6.07 Å². The lowest BCUT2D eigenvalue weighted by atomic mass is 9.86. The SMILES string of the molecule is O=C1CC(c2cccs2)Cc2nc(NCC[NH+]3CCOCC3)ncc21. The van der Waals surface area contributed by atoms with Crippen LogP contribution in [0.4, 0.5) is 5.95 Å². The average Bonchev–Trinajstić information content (AvgIpc) is 3.17. The lowest BCUT2D eigenvalue weighted by Gasteiger charge is -2.24. The third-order valence-electron chi connectivity index (χ3n) is 4.95. The molecule has 3 heterocycles. The fourth-order valence-corrected chi connectivity index (χ4v) is 4.35. The van der Waals surface area contributed by atoms with Gasteiger partial charge in [-0.25, -0.2) is 9.97 Å². The van der Waals surface area contributed by atoms with Crippen molar-refractivity contribution in [3.8, 4) is 0 Å². The summed E-state index contributed by atoms with van der Waals surface area (Å²) < 4.78 is 5.38. The second kappa shape index (κ2) is 7.59. The van der Waals surface area contributed by atoms with E-state index < -0.39 is 0 Å². The number of carbonyl (C=O) groups excluding carboxylic acids is 1. The van der Waals surface area contributed by atoms with E-state index in [0.717, 1.165) is 51.5 Å². The number of aromatic nitrogens is 2. The smallest absolute Gasteiger partial charge is 0.223 e. The molecule has 0 bridgehead atoms. The first kappa shape index (κ1) is 16.6. The summed E-state index contributed by atoms with van der Waals surface area (Å²) in [5.74, 6) is 1.04. The standard InChI is InChI=1S/C18H22N4O2S/c23-16-11-13(17-2-1-9-25-17)10-15-14(16)12-20-18(21-15)19-3-4-22-5-7-24-8-6-22/h1-2,9,12-13H,3-8,10-11H2,(H,19,20,21)/p+1. The van der Waals surface area contributed by atoms with E-state index in [4.69, 9.17) is 4.74 Å². The van der Waals surface area contributed by atoms with Gasteiger partial charge < -0.3 is 15.0 Å². The normalized spacial score (nSPS) is 21.1. The van der Waals surface area contributed by atoms with Crippen molar-refractivity contribution in [3.63, 3.8) is 0 Å². The third kappa shape index (κ3) is 3.89. The highest BCUT2D eigenvalue weighted by Gasteiger charge is 2.28. The fraction of sp³-hybridized carbons (Fsp3) is 0.500. The Kier molecular flexibility index (Phi) is 5.05. The molecule has 6 nitrogen and oxygen atoms in total. The predicted octanol–water partition coefficient (Wildman–Crippen LogP) is 0.778. The van der Waals surface area contributed by atoms with Gasteiger partial charge in [-0.2, -0.15) is 0 Å². The lowest BCUT2D eigenvalue weighted by molar-refractivity contribution is -0.906. The van der Waals surface area contributed by atoms with Gasteiger partial charge in [0.15, 0.2) is 5.78 Å². The molecule has 4 rings (SSSR count). The van der Waals surface area contributed by atoms with Gasteiger partial charge >= 0.3 is 0 Å². The minimum Gasteiger partial charge on any atom is -0.370 e. The van der Waals surface area contributed by atoms with Crippen molar-refractivity contribution in [1.29, 1.82) is 0 Å². The van der Waals surface area contributed by atoms with Crippen LogP contribution in [0.15, 0.2) is 23.7 Å². The number of fused-ring (bicyclic) bond motifs is 1. The van der Waals surface area contributed by atoms with Gasteiger partial charge in [0, 0.05) is 23.4 Å². The molecule has 25 heavy (non-hydrogen) atoms. The zero-order valence-corrected chi connectivity index (χ0v) is 15.0. The summed E-state index contributed by atoms with van der Waals surface area (Å²) in [6, 6.07) is 4.15. The molecule has 132 valence electrons. The Hall–Kier alpha value is -1.83. The maximum absolute atomic E-state index is 12.4. The van der Waals surface area contributed by atoms with Crippen molar-refractivity contribution in [2.45, 2.75) is 18.8 Å². The first-order valence-electron chi connectivity index (χ1n) is 8.87. The van der Waals surface area contributed by atoms with Gasteiger partial charge in [0.25, 0.3) is 0 Å². The van der Waals surface area contributed by atoms with Gasteiger partial charge in [-0.05, 0) is 17.9 Å². The minimum absolute atomic E-state index is 0.156. The summed E-state index contributed by atoms with van der Waals surface area (Å²) in [5.41, 5.74) is 1.57. The van der Waals surface area contributed by atoms with E-state index in [1.807, 2.05) is 6.07 Å². The van der Waals surface area contributed by atoms with Crippen molar-refractivity contribution in [1.82, 2.24) is 9.97 Å². The largest absolute Gasteiger partial charge is 0.370 e. The van der Waals surface area contributed by atoms with Crippen LogP contribution >= 0.6 is 11.3 Å². The van der Waals surface area contributed by atoms with Crippen molar-refractivity contribution < 1.29 is 14.4 Å². The lowest BCUT2D eigenvalue weighted by Crippen LogP contribution is -3.14. The molecule has 1 saturated heterocycles.